The maximum absolute atomic E-state index is 12.9. The summed E-state index contributed by atoms with van der Waals surface area (Å²) in [5, 5.41) is 3.09. The lowest BCUT2D eigenvalue weighted by Gasteiger charge is -2.16. The Hall–Kier alpha value is -2.50. The van der Waals surface area contributed by atoms with Crippen LogP contribution in [0.2, 0.25) is 0 Å². The predicted octanol–water partition coefficient (Wildman–Crippen LogP) is 2.71. The summed E-state index contributed by atoms with van der Waals surface area (Å²) in [5.74, 6) is -0.000253. The minimum atomic E-state index is -0.342. The smallest absolute Gasteiger partial charge is 0.278 e. The Morgan fingerprint density at radius 3 is 2.52 bits per heavy atom. The topological polar surface area (TPSA) is 58.1 Å². The lowest BCUT2D eigenvalue weighted by Crippen LogP contribution is -2.27. The van der Waals surface area contributed by atoms with Crippen LogP contribution in [0.3, 0.4) is 0 Å². The molecule has 6 heteroatoms. The summed E-state index contributed by atoms with van der Waals surface area (Å²) >= 11 is 0. The summed E-state index contributed by atoms with van der Waals surface area (Å²) in [4.78, 5) is 21.9. The Morgan fingerprint density at radius 1 is 1.24 bits per heavy atom. The van der Waals surface area contributed by atoms with E-state index in [0.717, 1.165) is 13.0 Å². The fourth-order valence-electron chi connectivity index (χ4n) is 1.74. The Bertz CT molecular complexity index is 598. The van der Waals surface area contributed by atoms with Gasteiger partial charge in [0, 0.05) is 19.3 Å². The maximum atomic E-state index is 12.9. The van der Waals surface area contributed by atoms with Gasteiger partial charge in [0.05, 0.1) is 12.4 Å². The molecule has 5 nitrogen and oxygen atoms in total. The molecule has 0 spiro atoms. The van der Waals surface area contributed by atoms with Crippen molar-refractivity contribution in [3.63, 3.8) is 0 Å². The van der Waals surface area contributed by atoms with Crippen molar-refractivity contribution in [1.82, 2.24) is 9.97 Å². The van der Waals surface area contributed by atoms with Crippen LogP contribution in [0, 0.1) is 5.82 Å². The first-order valence-corrected chi connectivity index (χ1v) is 6.71. The third kappa shape index (κ3) is 3.75. The monoisotopic (exact) mass is 288 g/mol. The van der Waals surface area contributed by atoms with E-state index in [1.807, 2.05) is 0 Å². The fourth-order valence-corrected chi connectivity index (χ4v) is 1.74. The van der Waals surface area contributed by atoms with Crippen molar-refractivity contribution in [2.45, 2.75) is 13.3 Å². The van der Waals surface area contributed by atoms with E-state index in [1.54, 1.807) is 7.05 Å². The number of carbonyl (C=O) groups is 1. The van der Waals surface area contributed by atoms with Gasteiger partial charge in [-0.1, -0.05) is 6.92 Å². The molecule has 1 aromatic carbocycles. The van der Waals surface area contributed by atoms with E-state index in [1.165, 1.54) is 41.6 Å². The van der Waals surface area contributed by atoms with Gasteiger partial charge in [-0.2, -0.15) is 0 Å². The number of nitrogens with one attached hydrogen (secondary N) is 1. The molecule has 2 rings (SSSR count). The number of hydrogen-bond donors (Lipinski definition) is 1. The zero-order valence-corrected chi connectivity index (χ0v) is 12.0. The molecule has 0 aliphatic heterocycles. The third-order valence-electron chi connectivity index (χ3n) is 2.95. The average molecular weight is 288 g/mol. The van der Waals surface area contributed by atoms with Crippen molar-refractivity contribution < 1.29 is 9.18 Å². The zero-order valence-electron chi connectivity index (χ0n) is 12.0. The molecule has 0 fully saturated rings. The van der Waals surface area contributed by atoms with Gasteiger partial charge in [-0.15, -0.1) is 0 Å². The Kier molecular flexibility index (Phi) is 4.81. The molecule has 110 valence electrons. The molecule has 0 saturated heterocycles. The quantitative estimate of drug-likeness (QED) is 0.919. The summed E-state index contributed by atoms with van der Waals surface area (Å²) in [6.07, 6.45) is 3.94. The van der Waals surface area contributed by atoms with E-state index < -0.39 is 0 Å². The SMILES string of the molecule is CCCNc1cnc(C(=O)N(C)c2ccc(F)cc2)cn1. The van der Waals surface area contributed by atoms with Gasteiger partial charge in [0.25, 0.3) is 5.91 Å². The first kappa shape index (κ1) is 14.9. The highest BCUT2D eigenvalue weighted by molar-refractivity contribution is 6.04. The standard InChI is InChI=1S/C15H17FN4O/c1-3-8-17-14-10-18-13(9-19-14)15(21)20(2)12-6-4-11(16)5-7-12/h4-7,9-10H,3,8H2,1-2H3,(H,17,19). The molecule has 0 radical (unpaired) electrons. The number of hydrogen-bond acceptors (Lipinski definition) is 4. The lowest BCUT2D eigenvalue weighted by atomic mass is 10.2. The zero-order chi connectivity index (χ0) is 15.2. The maximum Gasteiger partial charge on any atom is 0.278 e. The van der Waals surface area contributed by atoms with Crippen LogP contribution in [0.1, 0.15) is 23.8 Å². The number of carbonyl (C=O) groups excluding carboxylic acids is 1. The molecule has 1 aromatic heterocycles. The predicted molar refractivity (Wildman–Crippen MR) is 79.9 cm³/mol. The summed E-state index contributed by atoms with van der Waals surface area (Å²) < 4.78 is 12.9. The van der Waals surface area contributed by atoms with E-state index >= 15 is 0 Å². The van der Waals surface area contributed by atoms with Gasteiger partial charge in [-0.05, 0) is 30.7 Å². The molecule has 1 N–H and O–H groups in total. The van der Waals surface area contributed by atoms with Crippen LogP contribution >= 0.6 is 0 Å². The van der Waals surface area contributed by atoms with E-state index in [-0.39, 0.29) is 17.4 Å². The molecule has 0 unspecified atom stereocenters. The molecule has 2 aromatic rings. The summed E-state index contributed by atoms with van der Waals surface area (Å²) in [5.41, 5.74) is 0.834. The van der Waals surface area contributed by atoms with Gasteiger partial charge in [0.15, 0.2) is 0 Å². The van der Waals surface area contributed by atoms with Crippen molar-refractivity contribution >= 4 is 17.4 Å². The van der Waals surface area contributed by atoms with Gasteiger partial charge in [0.1, 0.15) is 17.3 Å². The second-order valence-electron chi connectivity index (χ2n) is 4.55. The largest absolute Gasteiger partial charge is 0.369 e. The van der Waals surface area contributed by atoms with Crippen molar-refractivity contribution in [2.24, 2.45) is 0 Å². The van der Waals surface area contributed by atoms with Gasteiger partial charge in [0.2, 0.25) is 0 Å². The third-order valence-corrected chi connectivity index (χ3v) is 2.95. The van der Waals surface area contributed by atoms with E-state index in [2.05, 4.69) is 22.2 Å². The number of amides is 1. The van der Waals surface area contributed by atoms with Gasteiger partial charge in [-0.25, -0.2) is 14.4 Å². The summed E-state index contributed by atoms with van der Waals surface area (Å²) in [7, 11) is 1.61. The molecular formula is C15H17FN4O. The summed E-state index contributed by atoms with van der Waals surface area (Å²) in [6.45, 7) is 2.85. The number of nitrogens with zero attached hydrogens (tertiary/aromatic N) is 3. The van der Waals surface area contributed by atoms with Crippen LogP contribution < -0.4 is 10.2 Å². The molecule has 0 aliphatic carbocycles. The van der Waals surface area contributed by atoms with Crippen molar-refractivity contribution in [3.8, 4) is 0 Å². The highest BCUT2D eigenvalue weighted by atomic mass is 19.1. The first-order valence-electron chi connectivity index (χ1n) is 6.71. The number of aromatic nitrogens is 2. The van der Waals surface area contributed by atoms with E-state index in [9.17, 15) is 9.18 Å². The number of rotatable bonds is 5. The molecular weight excluding hydrogens is 271 g/mol. The Balaban J connectivity index is 2.10. The van der Waals surface area contributed by atoms with E-state index in [4.69, 9.17) is 0 Å². The van der Waals surface area contributed by atoms with Crippen LogP contribution in [-0.4, -0.2) is 29.5 Å². The second-order valence-corrected chi connectivity index (χ2v) is 4.55. The first-order chi connectivity index (χ1) is 10.1. The Morgan fingerprint density at radius 2 is 1.95 bits per heavy atom. The molecule has 21 heavy (non-hydrogen) atoms. The molecule has 0 aliphatic rings. The normalized spacial score (nSPS) is 10.2. The van der Waals surface area contributed by atoms with Gasteiger partial charge in [-0.3, -0.25) is 4.79 Å². The van der Waals surface area contributed by atoms with Crippen LogP contribution in [0.4, 0.5) is 15.9 Å². The van der Waals surface area contributed by atoms with Crippen molar-refractivity contribution in [2.75, 3.05) is 23.8 Å². The second kappa shape index (κ2) is 6.78. The minimum absolute atomic E-state index is 0.240. The fraction of sp³-hybridized carbons (Fsp3) is 0.267. The van der Waals surface area contributed by atoms with Crippen molar-refractivity contribution in [1.29, 1.82) is 0 Å². The molecule has 1 heterocycles. The number of anilines is 2. The highest BCUT2D eigenvalue weighted by Gasteiger charge is 2.15. The average Bonchev–Trinajstić information content (AvgIpc) is 2.53. The van der Waals surface area contributed by atoms with Crippen LogP contribution in [0.15, 0.2) is 36.7 Å². The van der Waals surface area contributed by atoms with E-state index in [0.29, 0.717) is 11.5 Å². The van der Waals surface area contributed by atoms with Crippen LogP contribution in [0.25, 0.3) is 0 Å². The number of halogens is 1. The van der Waals surface area contributed by atoms with Gasteiger partial charge >= 0.3 is 0 Å². The molecule has 0 atom stereocenters. The van der Waals surface area contributed by atoms with Gasteiger partial charge < -0.3 is 10.2 Å². The minimum Gasteiger partial charge on any atom is -0.369 e. The summed E-state index contributed by atoms with van der Waals surface area (Å²) in [6, 6.07) is 5.70. The lowest BCUT2D eigenvalue weighted by molar-refractivity contribution is 0.0988. The molecule has 0 bridgehead atoms. The highest BCUT2D eigenvalue weighted by Crippen LogP contribution is 2.15. The molecule has 1 amide bonds. The molecule has 0 saturated carbocycles. The van der Waals surface area contributed by atoms with Crippen molar-refractivity contribution in [3.05, 3.63) is 48.2 Å². The van der Waals surface area contributed by atoms with Crippen LogP contribution in [-0.2, 0) is 0 Å². The van der Waals surface area contributed by atoms with Crippen LogP contribution in [0.5, 0.6) is 0 Å². The Labute approximate surface area is 122 Å². The number of benzene rings is 1.